The number of nitrogens with zero attached hydrogens (tertiary/aromatic N) is 1. The zero-order valence-corrected chi connectivity index (χ0v) is 11.9. The van der Waals surface area contributed by atoms with Crippen molar-refractivity contribution in [3.05, 3.63) is 69.1 Å². The summed E-state index contributed by atoms with van der Waals surface area (Å²) in [4.78, 5) is 23.6. The van der Waals surface area contributed by atoms with E-state index < -0.39 is 0 Å². The van der Waals surface area contributed by atoms with Gasteiger partial charge in [-0.2, -0.15) is 0 Å². The van der Waals surface area contributed by atoms with Crippen LogP contribution in [0.15, 0.2) is 47.4 Å². The minimum atomic E-state index is -0.201. The molecule has 0 fully saturated rings. The molecule has 0 spiro atoms. The van der Waals surface area contributed by atoms with Crippen LogP contribution >= 0.6 is 11.6 Å². The molecule has 0 aliphatic rings. The third-order valence-electron chi connectivity index (χ3n) is 2.93. The number of carbonyl (C=O) groups excluding carboxylic acids is 1. The Balaban J connectivity index is 1.94. The van der Waals surface area contributed by atoms with Gasteiger partial charge in [0.1, 0.15) is 6.54 Å². The Hall–Kier alpha value is -2.07. The molecule has 104 valence electrons. The molecule has 2 rings (SSSR count). The minimum Gasteiger partial charge on any atom is -0.350 e. The minimum absolute atomic E-state index is 0.0219. The molecule has 0 atom stereocenters. The molecular formula is C15H15ClN2O2. The van der Waals surface area contributed by atoms with Gasteiger partial charge in [-0.15, -0.1) is 0 Å². The lowest BCUT2D eigenvalue weighted by Crippen LogP contribution is -2.32. The van der Waals surface area contributed by atoms with Gasteiger partial charge in [0.2, 0.25) is 5.91 Å². The van der Waals surface area contributed by atoms with Gasteiger partial charge in [-0.1, -0.05) is 29.8 Å². The van der Waals surface area contributed by atoms with E-state index in [2.05, 4.69) is 5.32 Å². The first-order valence-electron chi connectivity index (χ1n) is 6.23. The van der Waals surface area contributed by atoms with Crippen molar-refractivity contribution in [2.45, 2.75) is 20.0 Å². The molecule has 1 heterocycles. The Morgan fingerprint density at radius 2 is 1.95 bits per heavy atom. The average molecular weight is 291 g/mol. The van der Waals surface area contributed by atoms with E-state index >= 15 is 0 Å². The van der Waals surface area contributed by atoms with E-state index in [-0.39, 0.29) is 18.0 Å². The number of aryl methyl sites for hydroxylation is 1. The van der Waals surface area contributed by atoms with Crippen molar-refractivity contribution in [3.63, 3.8) is 0 Å². The largest absolute Gasteiger partial charge is 0.350 e. The Kier molecular flexibility index (Phi) is 4.58. The SMILES string of the molecule is Cc1cccn(CC(=O)NCc2ccc(Cl)cc2)c1=O. The molecule has 20 heavy (non-hydrogen) atoms. The summed E-state index contributed by atoms with van der Waals surface area (Å²) < 4.78 is 1.40. The van der Waals surface area contributed by atoms with Gasteiger partial charge in [-0.25, -0.2) is 0 Å². The smallest absolute Gasteiger partial charge is 0.253 e. The van der Waals surface area contributed by atoms with Crippen LogP contribution < -0.4 is 10.9 Å². The monoisotopic (exact) mass is 290 g/mol. The second-order valence-electron chi connectivity index (χ2n) is 4.53. The zero-order valence-electron chi connectivity index (χ0n) is 11.1. The van der Waals surface area contributed by atoms with E-state index in [0.717, 1.165) is 5.56 Å². The highest BCUT2D eigenvalue weighted by Crippen LogP contribution is 2.09. The van der Waals surface area contributed by atoms with Crippen LogP contribution in [0.2, 0.25) is 5.02 Å². The first-order chi connectivity index (χ1) is 9.56. The number of amides is 1. The first-order valence-corrected chi connectivity index (χ1v) is 6.61. The predicted octanol–water partition coefficient (Wildman–Crippen LogP) is 2.13. The van der Waals surface area contributed by atoms with Gasteiger partial charge < -0.3 is 9.88 Å². The summed E-state index contributed by atoms with van der Waals surface area (Å²) in [6.07, 6.45) is 1.61. The summed E-state index contributed by atoms with van der Waals surface area (Å²) in [5, 5.41) is 3.43. The molecule has 0 radical (unpaired) electrons. The number of nitrogens with one attached hydrogen (secondary N) is 1. The zero-order chi connectivity index (χ0) is 14.5. The molecular weight excluding hydrogens is 276 g/mol. The van der Waals surface area contributed by atoms with E-state index in [1.165, 1.54) is 4.57 Å². The second kappa shape index (κ2) is 6.39. The molecule has 0 bridgehead atoms. The van der Waals surface area contributed by atoms with Crippen molar-refractivity contribution >= 4 is 17.5 Å². The predicted molar refractivity (Wildman–Crippen MR) is 78.7 cm³/mol. The number of rotatable bonds is 4. The molecule has 1 N–H and O–H groups in total. The quantitative estimate of drug-likeness (QED) is 0.938. The molecule has 0 saturated heterocycles. The van der Waals surface area contributed by atoms with Gasteiger partial charge in [0, 0.05) is 23.3 Å². The van der Waals surface area contributed by atoms with Gasteiger partial charge in [-0.05, 0) is 30.7 Å². The fourth-order valence-corrected chi connectivity index (χ4v) is 1.92. The summed E-state index contributed by atoms with van der Waals surface area (Å²) >= 11 is 5.79. The molecule has 0 unspecified atom stereocenters. The van der Waals surface area contributed by atoms with Crippen LogP contribution in [0.3, 0.4) is 0 Å². The van der Waals surface area contributed by atoms with Crippen molar-refractivity contribution in [1.29, 1.82) is 0 Å². The van der Waals surface area contributed by atoms with Gasteiger partial charge in [-0.3, -0.25) is 9.59 Å². The van der Waals surface area contributed by atoms with Crippen molar-refractivity contribution in [2.24, 2.45) is 0 Å². The second-order valence-corrected chi connectivity index (χ2v) is 4.96. The molecule has 1 amide bonds. The van der Waals surface area contributed by atoms with Crippen molar-refractivity contribution < 1.29 is 4.79 Å². The maximum absolute atomic E-state index is 11.8. The van der Waals surface area contributed by atoms with Crippen LogP contribution in [0.4, 0.5) is 0 Å². The van der Waals surface area contributed by atoms with E-state index in [4.69, 9.17) is 11.6 Å². The Morgan fingerprint density at radius 3 is 2.65 bits per heavy atom. The summed E-state index contributed by atoms with van der Waals surface area (Å²) in [5.41, 5.74) is 1.44. The number of benzene rings is 1. The molecule has 4 nitrogen and oxygen atoms in total. The Morgan fingerprint density at radius 1 is 1.25 bits per heavy atom. The van der Waals surface area contributed by atoms with E-state index in [9.17, 15) is 9.59 Å². The number of aromatic nitrogens is 1. The molecule has 0 aliphatic heterocycles. The van der Waals surface area contributed by atoms with Crippen LogP contribution in [0, 0.1) is 6.92 Å². The lowest BCUT2D eigenvalue weighted by atomic mass is 10.2. The lowest BCUT2D eigenvalue weighted by Gasteiger charge is -2.08. The van der Waals surface area contributed by atoms with Crippen molar-refractivity contribution in [3.8, 4) is 0 Å². The summed E-state index contributed by atoms with van der Waals surface area (Å²) in [7, 11) is 0. The standard InChI is InChI=1S/C15H15ClN2O2/c1-11-3-2-8-18(15(11)20)10-14(19)17-9-12-4-6-13(16)7-5-12/h2-8H,9-10H2,1H3,(H,17,19). The van der Waals surface area contributed by atoms with Crippen LogP contribution in [-0.2, 0) is 17.9 Å². The maximum atomic E-state index is 11.8. The highest BCUT2D eigenvalue weighted by atomic mass is 35.5. The molecule has 5 heteroatoms. The molecule has 1 aromatic carbocycles. The third-order valence-corrected chi connectivity index (χ3v) is 3.18. The average Bonchev–Trinajstić information content (AvgIpc) is 2.43. The number of pyridine rings is 1. The Bertz CT molecular complexity index is 662. The summed E-state index contributed by atoms with van der Waals surface area (Å²) in [5.74, 6) is -0.201. The van der Waals surface area contributed by atoms with Crippen molar-refractivity contribution in [2.75, 3.05) is 0 Å². The van der Waals surface area contributed by atoms with Gasteiger partial charge in [0.05, 0.1) is 0 Å². The fourth-order valence-electron chi connectivity index (χ4n) is 1.79. The first kappa shape index (κ1) is 14.3. The number of hydrogen-bond donors (Lipinski definition) is 1. The highest BCUT2D eigenvalue weighted by Gasteiger charge is 2.05. The van der Waals surface area contributed by atoms with Crippen LogP contribution in [0.5, 0.6) is 0 Å². The van der Waals surface area contributed by atoms with Gasteiger partial charge in [0.25, 0.3) is 5.56 Å². The van der Waals surface area contributed by atoms with Crippen LogP contribution in [0.1, 0.15) is 11.1 Å². The van der Waals surface area contributed by atoms with E-state index in [0.29, 0.717) is 17.1 Å². The molecule has 2 aromatic rings. The maximum Gasteiger partial charge on any atom is 0.253 e. The van der Waals surface area contributed by atoms with Crippen LogP contribution in [0.25, 0.3) is 0 Å². The number of hydrogen-bond acceptors (Lipinski definition) is 2. The molecule has 0 saturated carbocycles. The molecule has 1 aromatic heterocycles. The highest BCUT2D eigenvalue weighted by molar-refractivity contribution is 6.30. The Labute approximate surface area is 122 Å². The topological polar surface area (TPSA) is 51.1 Å². The lowest BCUT2D eigenvalue weighted by molar-refractivity contribution is -0.121. The van der Waals surface area contributed by atoms with Crippen molar-refractivity contribution in [1.82, 2.24) is 9.88 Å². The number of halogens is 1. The summed E-state index contributed by atoms with van der Waals surface area (Å²) in [6, 6.07) is 10.7. The normalized spacial score (nSPS) is 10.3. The number of carbonyl (C=O) groups is 1. The van der Waals surface area contributed by atoms with Gasteiger partial charge >= 0.3 is 0 Å². The fraction of sp³-hybridized carbons (Fsp3) is 0.200. The van der Waals surface area contributed by atoms with E-state index in [1.54, 1.807) is 37.4 Å². The molecule has 0 aliphatic carbocycles. The third kappa shape index (κ3) is 3.71. The van der Waals surface area contributed by atoms with Gasteiger partial charge in [0.15, 0.2) is 0 Å². The van der Waals surface area contributed by atoms with E-state index in [1.807, 2.05) is 12.1 Å². The van der Waals surface area contributed by atoms with Crippen LogP contribution in [-0.4, -0.2) is 10.5 Å². The summed E-state index contributed by atoms with van der Waals surface area (Å²) in [6.45, 7) is 2.16.